The number of hydrogen-bond acceptors (Lipinski definition) is 4. The molecule has 1 amide bonds. The van der Waals surface area contributed by atoms with Crippen LogP contribution in [0.4, 0.5) is 5.69 Å². The van der Waals surface area contributed by atoms with Crippen LogP contribution in [0.2, 0.25) is 0 Å². The van der Waals surface area contributed by atoms with E-state index in [0.29, 0.717) is 18.5 Å². The van der Waals surface area contributed by atoms with Crippen LogP contribution in [0.25, 0.3) is 0 Å². The Hall–Kier alpha value is -1.15. The highest BCUT2D eigenvalue weighted by molar-refractivity contribution is 7.89. The fraction of sp³-hybridized carbons (Fsp3) is 0.562. The second-order valence-electron chi connectivity index (χ2n) is 6.47. The zero-order chi connectivity index (χ0) is 17.1. The van der Waals surface area contributed by atoms with Gasteiger partial charge in [-0.3, -0.25) is 4.79 Å². The molecule has 0 heterocycles. The van der Waals surface area contributed by atoms with E-state index < -0.39 is 15.6 Å². The van der Waals surface area contributed by atoms with Crippen LogP contribution < -0.4 is 15.8 Å². The van der Waals surface area contributed by atoms with E-state index >= 15 is 0 Å². The van der Waals surface area contributed by atoms with E-state index in [2.05, 4.69) is 10.0 Å². The molecule has 1 aromatic rings. The summed E-state index contributed by atoms with van der Waals surface area (Å²) in [7, 11) is -3.52. The lowest BCUT2D eigenvalue weighted by molar-refractivity contribution is -0.122. The summed E-state index contributed by atoms with van der Waals surface area (Å²) in [5.74, 6) is -0.201. The van der Waals surface area contributed by atoms with Crippen molar-refractivity contribution in [3.63, 3.8) is 0 Å². The second kappa shape index (κ2) is 8.29. The monoisotopic (exact) mass is 375 g/mol. The lowest BCUT2D eigenvalue weighted by Crippen LogP contribution is -2.52. The molecule has 0 atom stereocenters. The van der Waals surface area contributed by atoms with E-state index in [4.69, 9.17) is 5.73 Å². The number of benzene rings is 1. The van der Waals surface area contributed by atoms with Gasteiger partial charge in [0.05, 0.1) is 10.4 Å². The molecule has 4 N–H and O–H groups in total. The number of hydrogen-bond donors (Lipinski definition) is 3. The summed E-state index contributed by atoms with van der Waals surface area (Å²) in [6, 6.07) is 5.94. The van der Waals surface area contributed by atoms with Gasteiger partial charge < -0.3 is 11.1 Å². The number of amides is 1. The molecule has 1 aliphatic carbocycles. The molecule has 6 nitrogen and oxygen atoms in total. The van der Waals surface area contributed by atoms with Crippen molar-refractivity contribution in [1.29, 1.82) is 0 Å². The molecule has 8 heteroatoms. The first kappa shape index (κ1) is 20.9. The van der Waals surface area contributed by atoms with Crippen LogP contribution in [0.15, 0.2) is 29.2 Å². The number of halogens is 1. The number of nitrogens with two attached hydrogens (primary N) is 1. The van der Waals surface area contributed by atoms with Gasteiger partial charge in [-0.1, -0.05) is 19.3 Å². The highest BCUT2D eigenvalue weighted by Crippen LogP contribution is 2.27. The van der Waals surface area contributed by atoms with Gasteiger partial charge in [-0.25, -0.2) is 13.1 Å². The number of sulfonamides is 1. The molecule has 0 bridgehead atoms. The molecule has 2 rings (SSSR count). The number of carbonyl (C=O) groups excluding carboxylic acids is 1. The quantitative estimate of drug-likeness (QED) is 0.735. The standard InChI is InChI=1S/C16H25N3O3S.ClH/c1-12(2)19-23(21,22)14-8-6-13(7-9-14)18-15(20)16(17)10-4-3-5-11-16;/h6-9,12,19H,3-5,10-11,17H2,1-2H3,(H,18,20);1H. The van der Waals surface area contributed by atoms with Crippen LogP contribution in [-0.2, 0) is 14.8 Å². The smallest absolute Gasteiger partial charge is 0.244 e. The molecule has 1 aromatic carbocycles. The predicted molar refractivity (Wildman–Crippen MR) is 97.8 cm³/mol. The molecular weight excluding hydrogens is 350 g/mol. The molecule has 0 unspecified atom stereocenters. The van der Waals surface area contributed by atoms with Crippen molar-refractivity contribution < 1.29 is 13.2 Å². The Labute approximate surface area is 150 Å². The molecule has 0 aromatic heterocycles. The summed E-state index contributed by atoms with van der Waals surface area (Å²) in [5, 5.41) is 2.79. The van der Waals surface area contributed by atoms with E-state index in [1.807, 2.05) is 0 Å². The Kier molecular flexibility index (Phi) is 7.22. The summed E-state index contributed by atoms with van der Waals surface area (Å²) in [4.78, 5) is 12.5. The summed E-state index contributed by atoms with van der Waals surface area (Å²) in [5.41, 5.74) is 5.92. The van der Waals surface area contributed by atoms with Gasteiger partial charge in [-0.05, 0) is 51.0 Å². The predicted octanol–water partition coefficient (Wildman–Crippen LogP) is 2.40. The first-order chi connectivity index (χ1) is 10.7. The van der Waals surface area contributed by atoms with E-state index in [0.717, 1.165) is 19.3 Å². The largest absolute Gasteiger partial charge is 0.324 e. The third-order valence-electron chi connectivity index (χ3n) is 4.01. The SMILES string of the molecule is CC(C)NS(=O)(=O)c1ccc(NC(=O)C2(N)CCCCC2)cc1.Cl. The molecule has 0 saturated heterocycles. The zero-order valence-electron chi connectivity index (χ0n) is 14.0. The Bertz CT molecular complexity index is 654. The second-order valence-corrected chi connectivity index (χ2v) is 8.19. The number of nitrogens with one attached hydrogen (secondary N) is 2. The summed E-state index contributed by atoms with van der Waals surface area (Å²) in [6.45, 7) is 3.52. The molecule has 136 valence electrons. The van der Waals surface area contributed by atoms with Gasteiger partial charge in [0.2, 0.25) is 15.9 Å². The van der Waals surface area contributed by atoms with Crippen molar-refractivity contribution in [3.8, 4) is 0 Å². The Morgan fingerprint density at radius 1 is 1.12 bits per heavy atom. The Morgan fingerprint density at radius 2 is 1.67 bits per heavy atom. The van der Waals surface area contributed by atoms with Gasteiger partial charge in [0.15, 0.2) is 0 Å². The molecule has 1 saturated carbocycles. The number of rotatable bonds is 5. The fourth-order valence-electron chi connectivity index (χ4n) is 2.76. The number of anilines is 1. The number of carbonyl (C=O) groups is 1. The van der Waals surface area contributed by atoms with E-state index in [9.17, 15) is 13.2 Å². The van der Waals surface area contributed by atoms with Crippen molar-refractivity contribution in [1.82, 2.24) is 4.72 Å². The maximum absolute atomic E-state index is 12.3. The molecule has 0 radical (unpaired) electrons. The van der Waals surface area contributed by atoms with Gasteiger partial charge in [-0.15, -0.1) is 12.4 Å². The minimum absolute atomic E-state index is 0. The lowest BCUT2D eigenvalue weighted by Gasteiger charge is -2.31. The van der Waals surface area contributed by atoms with E-state index in [-0.39, 0.29) is 29.3 Å². The first-order valence-electron chi connectivity index (χ1n) is 7.96. The van der Waals surface area contributed by atoms with Gasteiger partial charge in [0, 0.05) is 11.7 Å². The van der Waals surface area contributed by atoms with Crippen LogP contribution in [0.1, 0.15) is 46.0 Å². The van der Waals surface area contributed by atoms with Crippen LogP contribution in [0.5, 0.6) is 0 Å². The van der Waals surface area contributed by atoms with E-state index in [1.165, 1.54) is 12.1 Å². The van der Waals surface area contributed by atoms with E-state index in [1.54, 1.807) is 26.0 Å². The highest BCUT2D eigenvalue weighted by Gasteiger charge is 2.35. The van der Waals surface area contributed by atoms with Crippen molar-refractivity contribution in [2.45, 2.75) is 62.4 Å². The van der Waals surface area contributed by atoms with Crippen molar-refractivity contribution >= 4 is 34.0 Å². The maximum atomic E-state index is 12.3. The third kappa shape index (κ3) is 5.17. The van der Waals surface area contributed by atoms with Crippen LogP contribution >= 0.6 is 12.4 Å². The first-order valence-corrected chi connectivity index (χ1v) is 9.44. The zero-order valence-corrected chi connectivity index (χ0v) is 15.7. The van der Waals surface area contributed by atoms with Crippen LogP contribution in [-0.4, -0.2) is 25.9 Å². The normalized spacial score (nSPS) is 17.2. The Morgan fingerprint density at radius 3 is 2.17 bits per heavy atom. The van der Waals surface area contributed by atoms with Crippen molar-refractivity contribution in [2.24, 2.45) is 5.73 Å². The summed E-state index contributed by atoms with van der Waals surface area (Å²) >= 11 is 0. The average Bonchev–Trinajstić information content (AvgIpc) is 2.47. The Balaban J connectivity index is 0.00000288. The van der Waals surface area contributed by atoms with Crippen molar-refractivity contribution in [3.05, 3.63) is 24.3 Å². The van der Waals surface area contributed by atoms with Gasteiger partial charge >= 0.3 is 0 Å². The minimum atomic E-state index is -3.52. The van der Waals surface area contributed by atoms with Gasteiger partial charge in [0.25, 0.3) is 0 Å². The summed E-state index contributed by atoms with van der Waals surface area (Å²) in [6.07, 6.45) is 4.40. The maximum Gasteiger partial charge on any atom is 0.244 e. The lowest BCUT2D eigenvalue weighted by atomic mass is 9.82. The topological polar surface area (TPSA) is 101 Å². The van der Waals surface area contributed by atoms with Crippen molar-refractivity contribution in [2.75, 3.05) is 5.32 Å². The molecule has 1 aliphatic rings. The average molecular weight is 376 g/mol. The molecule has 1 fully saturated rings. The van der Waals surface area contributed by atoms with Crippen LogP contribution in [0.3, 0.4) is 0 Å². The summed E-state index contributed by atoms with van der Waals surface area (Å²) < 4.78 is 26.6. The highest BCUT2D eigenvalue weighted by atomic mass is 35.5. The van der Waals surface area contributed by atoms with Crippen LogP contribution in [0, 0.1) is 0 Å². The van der Waals surface area contributed by atoms with Gasteiger partial charge in [0.1, 0.15) is 0 Å². The fourth-order valence-corrected chi connectivity index (χ4v) is 4.01. The molecule has 24 heavy (non-hydrogen) atoms. The molecule has 0 spiro atoms. The third-order valence-corrected chi connectivity index (χ3v) is 5.69. The molecule has 0 aliphatic heterocycles. The van der Waals surface area contributed by atoms with Gasteiger partial charge in [-0.2, -0.15) is 0 Å². The minimum Gasteiger partial charge on any atom is -0.324 e. The molecular formula is C16H26ClN3O3S.